The fourth-order valence-corrected chi connectivity index (χ4v) is 7.23. The van der Waals surface area contributed by atoms with E-state index < -0.39 is 48.7 Å². The number of piperazine rings is 1. The van der Waals surface area contributed by atoms with Gasteiger partial charge in [-0.05, 0) is 41.8 Å². The molecule has 10 N–H and O–H groups in total. The van der Waals surface area contributed by atoms with Crippen LogP contribution < -0.4 is 31.6 Å². The lowest BCUT2D eigenvalue weighted by Gasteiger charge is -2.38. The number of unbranched alkanes of at least 4 members (excludes halogenated alkanes) is 2. The number of carboxylic acid groups (broad SMARTS) is 1. The number of hydrogen-bond donors (Lipinski definition) is 8. The van der Waals surface area contributed by atoms with Gasteiger partial charge in [-0.25, -0.2) is 14.6 Å². The standard InChI is InChI=1S/C41H55N9O11/c1-3-4-5-13-44-37-32-27(46-40(43)47-37)11-14-50(32)22-26-8-6-24(20-30(26)58-2)21-48-15-17-49(18-16-48)41(57)59-23-25-7-9-29(28(19-25)45-31(51)10-12-42)60-39-35(54)33(52)34(53)36(61-39)38(55)56/h6-9,11,14,19-20,33-36,39,52-54H,3-5,10,12-13,15-18,21-23,42H2,1-2H3,(H,45,51)(H,55,56)(H3,43,44,46,47)/t33-,34+,35+,36-,39?/m1/s1. The summed E-state index contributed by atoms with van der Waals surface area (Å²) in [7, 11) is 1.65. The first kappa shape index (κ1) is 44.8. The Morgan fingerprint density at radius 2 is 1.70 bits per heavy atom. The second-order valence-corrected chi connectivity index (χ2v) is 15.0. The minimum atomic E-state index is -1.91. The maximum atomic E-state index is 13.1. The van der Waals surface area contributed by atoms with Gasteiger partial charge in [-0.1, -0.05) is 38.0 Å². The molecule has 2 aromatic carbocycles. The average Bonchev–Trinajstić information content (AvgIpc) is 3.65. The van der Waals surface area contributed by atoms with Gasteiger partial charge in [0, 0.05) is 64.0 Å². The minimum Gasteiger partial charge on any atom is -0.496 e. The van der Waals surface area contributed by atoms with Crippen molar-refractivity contribution in [1.29, 1.82) is 0 Å². The van der Waals surface area contributed by atoms with Gasteiger partial charge in [0.05, 0.1) is 24.9 Å². The third-order valence-corrected chi connectivity index (χ3v) is 10.5. The number of rotatable bonds is 18. The lowest BCUT2D eigenvalue weighted by molar-refractivity contribution is -0.271. The van der Waals surface area contributed by atoms with E-state index in [4.69, 9.17) is 30.4 Å². The van der Waals surface area contributed by atoms with Gasteiger partial charge in [0.1, 0.15) is 41.9 Å². The summed E-state index contributed by atoms with van der Waals surface area (Å²) in [6.45, 7) is 6.13. The molecule has 2 amide bonds. The van der Waals surface area contributed by atoms with E-state index in [-0.39, 0.29) is 37.0 Å². The van der Waals surface area contributed by atoms with Gasteiger partial charge in [0.25, 0.3) is 0 Å². The molecule has 2 aromatic heterocycles. The number of methoxy groups -OCH3 is 1. The van der Waals surface area contributed by atoms with Crippen molar-refractivity contribution in [2.45, 2.75) is 83.0 Å². The molecule has 2 aliphatic heterocycles. The lowest BCUT2D eigenvalue weighted by Crippen LogP contribution is -2.61. The van der Waals surface area contributed by atoms with Crippen LogP contribution in [0, 0.1) is 0 Å². The van der Waals surface area contributed by atoms with Crippen molar-refractivity contribution in [2.24, 2.45) is 5.73 Å². The molecule has 5 atom stereocenters. The normalized spacial score (nSPS) is 20.6. The van der Waals surface area contributed by atoms with E-state index in [1.54, 1.807) is 18.1 Å². The molecule has 0 saturated carbocycles. The summed E-state index contributed by atoms with van der Waals surface area (Å²) in [6.07, 6.45) is -4.51. The first-order valence-electron chi connectivity index (χ1n) is 20.3. The second kappa shape index (κ2) is 20.7. The van der Waals surface area contributed by atoms with E-state index in [0.717, 1.165) is 53.7 Å². The van der Waals surface area contributed by atoms with Gasteiger partial charge in [-0.15, -0.1) is 0 Å². The third-order valence-electron chi connectivity index (χ3n) is 10.5. The molecule has 2 fully saturated rings. The van der Waals surface area contributed by atoms with Crippen LogP contribution in [0.4, 0.5) is 22.2 Å². The highest BCUT2D eigenvalue weighted by atomic mass is 16.7. The number of carboxylic acids is 1. The zero-order chi connectivity index (χ0) is 43.6. The van der Waals surface area contributed by atoms with Crippen LogP contribution in [-0.4, -0.2) is 140 Å². The summed E-state index contributed by atoms with van der Waals surface area (Å²) in [5.41, 5.74) is 15.8. The molecule has 0 radical (unpaired) electrons. The largest absolute Gasteiger partial charge is 0.496 e. The van der Waals surface area contributed by atoms with Crippen LogP contribution in [0.3, 0.4) is 0 Å². The number of benzene rings is 2. The van der Waals surface area contributed by atoms with Crippen molar-refractivity contribution in [3.05, 3.63) is 65.4 Å². The van der Waals surface area contributed by atoms with Gasteiger partial charge in [0.15, 0.2) is 11.9 Å². The zero-order valence-electron chi connectivity index (χ0n) is 34.2. The number of amides is 2. The van der Waals surface area contributed by atoms with E-state index in [1.807, 2.05) is 18.3 Å². The summed E-state index contributed by atoms with van der Waals surface area (Å²) in [5, 5.41) is 46.1. The van der Waals surface area contributed by atoms with Crippen LogP contribution in [0.5, 0.6) is 11.5 Å². The Balaban J connectivity index is 1.03. The summed E-state index contributed by atoms with van der Waals surface area (Å²) in [6, 6.07) is 12.5. The number of aliphatic carboxylic acids is 1. The average molecular weight is 850 g/mol. The maximum Gasteiger partial charge on any atom is 0.410 e. The van der Waals surface area contributed by atoms with Crippen molar-refractivity contribution >= 4 is 46.5 Å². The predicted octanol–water partition coefficient (Wildman–Crippen LogP) is 1.69. The van der Waals surface area contributed by atoms with E-state index >= 15 is 0 Å². The first-order valence-corrected chi connectivity index (χ1v) is 20.3. The van der Waals surface area contributed by atoms with Crippen LogP contribution in [0.2, 0.25) is 0 Å². The number of nitrogens with zero attached hydrogens (tertiary/aromatic N) is 5. The van der Waals surface area contributed by atoms with Gasteiger partial charge < -0.3 is 70.9 Å². The van der Waals surface area contributed by atoms with E-state index in [0.29, 0.717) is 50.6 Å². The Bertz CT molecular complexity index is 2150. The van der Waals surface area contributed by atoms with Crippen molar-refractivity contribution in [3.63, 3.8) is 0 Å². The van der Waals surface area contributed by atoms with Gasteiger partial charge in [-0.3, -0.25) is 9.69 Å². The number of nitrogens with two attached hydrogens (primary N) is 2. The summed E-state index contributed by atoms with van der Waals surface area (Å²) in [5.74, 6) is -0.406. The number of aliphatic hydroxyl groups excluding tert-OH is 3. The molecule has 4 aromatic rings. The second-order valence-electron chi connectivity index (χ2n) is 15.0. The highest BCUT2D eigenvalue weighted by Gasteiger charge is 2.48. The summed E-state index contributed by atoms with van der Waals surface area (Å²) >= 11 is 0. The molecule has 330 valence electrons. The number of carbonyl (C=O) groups is 3. The van der Waals surface area contributed by atoms with Crippen LogP contribution >= 0.6 is 0 Å². The van der Waals surface area contributed by atoms with Crippen LogP contribution in [0.15, 0.2) is 48.7 Å². The molecule has 2 aliphatic rings. The molecule has 20 nitrogen and oxygen atoms in total. The van der Waals surface area contributed by atoms with E-state index in [1.165, 1.54) is 12.1 Å². The van der Waals surface area contributed by atoms with Crippen LogP contribution in [0.25, 0.3) is 11.0 Å². The molecule has 0 bridgehead atoms. The topological polar surface area (TPSA) is 282 Å². The number of nitrogen functional groups attached to an aromatic ring is 1. The van der Waals surface area contributed by atoms with Crippen molar-refractivity contribution in [2.75, 3.05) is 62.7 Å². The predicted molar refractivity (Wildman–Crippen MR) is 223 cm³/mol. The Hall–Kier alpha value is -5.77. The number of aliphatic hydroxyl groups is 3. The molecular formula is C41H55N9O11. The molecule has 2 saturated heterocycles. The van der Waals surface area contributed by atoms with Gasteiger partial charge in [-0.2, -0.15) is 4.98 Å². The number of fused-ring (bicyclic) bond motifs is 1. The van der Waals surface area contributed by atoms with Crippen molar-refractivity contribution in [1.82, 2.24) is 24.3 Å². The Morgan fingerprint density at radius 3 is 2.43 bits per heavy atom. The molecule has 20 heteroatoms. The van der Waals surface area contributed by atoms with Crippen LogP contribution in [-0.2, 0) is 38.8 Å². The zero-order valence-corrected chi connectivity index (χ0v) is 34.2. The molecule has 6 rings (SSSR count). The number of aromatic nitrogens is 3. The van der Waals surface area contributed by atoms with Crippen LogP contribution in [0.1, 0.15) is 49.3 Å². The Kier molecular flexibility index (Phi) is 15.2. The SMILES string of the molecule is CCCCCNc1nc(N)nc2ccn(Cc3ccc(CN4CCN(C(=O)OCc5ccc(OC6O[C@@H](C(=O)O)[C@@H](O)[C@@H](O)[C@@H]6O)c(NC(=O)CCN)c5)CC4)cc3OC)c12. The highest BCUT2D eigenvalue weighted by molar-refractivity contribution is 5.92. The Labute approximate surface area is 352 Å². The number of hydrogen-bond acceptors (Lipinski definition) is 16. The molecule has 0 spiro atoms. The monoisotopic (exact) mass is 849 g/mol. The van der Waals surface area contributed by atoms with Crippen molar-refractivity contribution < 1.29 is 53.8 Å². The number of ether oxygens (including phenoxy) is 4. The van der Waals surface area contributed by atoms with Gasteiger partial charge in [0.2, 0.25) is 18.1 Å². The molecular weight excluding hydrogens is 795 g/mol. The third kappa shape index (κ3) is 11.1. The van der Waals surface area contributed by atoms with Gasteiger partial charge >= 0.3 is 12.1 Å². The first-order chi connectivity index (χ1) is 29.4. The summed E-state index contributed by atoms with van der Waals surface area (Å²) in [4.78, 5) is 50.0. The molecule has 61 heavy (non-hydrogen) atoms. The fourth-order valence-electron chi connectivity index (χ4n) is 7.23. The lowest BCUT2D eigenvalue weighted by atomic mass is 9.99. The molecule has 4 heterocycles. The van der Waals surface area contributed by atoms with E-state index in [2.05, 4.69) is 49.1 Å². The number of carbonyl (C=O) groups excluding carboxylic acids is 2. The Morgan fingerprint density at radius 1 is 0.934 bits per heavy atom. The highest BCUT2D eigenvalue weighted by Crippen LogP contribution is 2.32. The maximum absolute atomic E-state index is 13.1. The fraction of sp³-hybridized carbons (Fsp3) is 0.488. The minimum absolute atomic E-state index is 0.0328. The number of anilines is 3. The smallest absolute Gasteiger partial charge is 0.410 e. The van der Waals surface area contributed by atoms with E-state index in [9.17, 15) is 34.8 Å². The van der Waals surface area contributed by atoms with Crippen molar-refractivity contribution in [3.8, 4) is 11.5 Å². The molecule has 0 aliphatic carbocycles. The molecule has 1 unspecified atom stereocenters. The summed E-state index contributed by atoms with van der Waals surface area (Å²) < 4.78 is 24.5. The quantitative estimate of drug-likeness (QED) is 0.0661. The number of nitrogens with one attached hydrogen (secondary N) is 2.